The van der Waals surface area contributed by atoms with Gasteiger partial charge in [0.2, 0.25) is 0 Å². The molecule has 7 nitrogen and oxygen atoms in total. The third-order valence-corrected chi connectivity index (χ3v) is 4.18. The highest BCUT2D eigenvalue weighted by Crippen LogP contribution is 2.28. The zero-order valence-corrected chi connectivity index (χ0v) is 14.5. The van der Waals surface area contributed by atoms with Gasteiger partial charge in [-0.1, -0.05) is 17.7 Å². The molecule has 0 fully saturated rings. The van der Waals surface area contributed by atoms with Crippen LogP contribution in [0.5, 0.6) is 5.75 Å². The van der Waals surface area contributed by atoms with Gasteiger partial charge in [0, 0.05) is 19.3 Å². The molecular weight excluding hydrogens is 344 g/mol. The lowest BCUT2D eigenvalue weighted by molar-refractivity contribution is 0.0697. The number of halogens is 1. The van der Waals surface area contributed by atoms with E-state index in [-0.39, 0.29) is 5.56 Å². The van der Waals surface area contributed by atoms with Crippen molar-refractivity contribution < 1.29 is 14.6 Å². The molecule has 0 saturated heterocycles. The fourth-order valence-corrected chi connectivity index (χ4v) is 2.90. The number of carbonyl (C=O) groups is 1. The van der Waals surface area contributed by atoms with Crippen LogP contribution in [0, 0.1) is 0 Å². The third kappa shape index (κ3) is 3.23. The molecule has 2 aromatic heterocycles. The van der Waals surface area contributed by atoms with E-state index < -0.39 is 5.97 Å². The summed E-state index contributed by atoms with van der Waals surface area (Å²) in [5.41, 5.74) is 2.13. The van der Waals surface area contributed by atoms with Crippen molar-refractivity contribution >= 4 is 34.3 Å². The topological polar surface area (TPSA) is 89.3 Å². The SMILES string of the molecule is CCn1ncc2c(NCc3ccc(OC)c(Cl)c3)c(C(=O)O)cnc21. The first-order chi connectivity index (χ1) is 12.0. The van der Waals surface area contributed by atoms with E-state index in [1.165, 1.54) is 6.20 Å². The predicted molar refractivity (Wildman–Crippen MR) is 95.5 cm³/mol. The maximum absolute atomic E-state index is 11.5. The summed E-state index contributed by atoms with van der Waals surface area (Å²) < 4.78 is 6.86. The molecule has 3 rings (SSSR count). The molecule has 0 saturated carbocycles. The fourth-order valence-electron chi connectivity index (χ4n) is 2.62. The lowest BCUT2D eigenvalue weighted by Crippen LogP contribution is -2.08. The first kappa shape index (κ1) is 17.0. The number of aromatic carboxylic acids is 1. The van der Waals surface area contributed by atoms with Crippen molar-refractivity contribution in [3.63, 3.8) is 0 Å². The second-order valence-electron chi connectivity index (χ2n) is 5.37. The number of anilines is 1. The molecule has 0 amide bonds. The molecule has 0 aliphatic carbocycles. The van der Waals surface area contributed by atoms with Gasteiger partial charge in [0.25, 0.3) is 0 Å². The molecule has 0 radical (unpaired) electrons. The average Bonchev–Trinajstić information content (AvgIpc) is 3.02. The van der Waals surface area contributed by atoms with E-state index in [4.69, 9.17) is 16.3 Å². The second-order valence-corrected chi connectivity index (χ2v) is 5.78. The number of ether oxygens (including phenoxy) is 1. The van der Waals surface area contributed by atoms with Gasteiger partial charge in [-0.3, -0.25) is 0 Å². The summed E-state index contributed by atoms with van der Waals surface area (Å²) in [5, 5.41) is 18.1. The second kappa shape index (κ2) is 6.98. The minimum Gasteiger partial charge on any atom is -0.495 e. The summed E-state index contributed by atoms with van der Waals surface area (Å²) in [4.78, 5) is 15.8. The van der Waals surface area contributed by atoms with Crippen molar-refractivity contribution in [1.29, 1.82) is 0 Å². The van der Waals surface area contributed by atoms with Gasteiger partial charge in [0.05, 0.1) is 29.4 Å². The molecule has 0 bridgehead atoms. The van der Waals surface area contributed by atoms with Crippen molar-refractivity contribution in [3.05, 3.63) is 46.7 Å². The maximum atomic E-state index is 11.5. The molecule has 130 valence electrons. The molecule has 0 aliphatic heterocycles. The number of methoxy groups -OCH3 is 1. The van der Waals surface area contributed by atoms with Gasteiger partial charge < -0.3 is 15.2 Å². The van der Waals surface area contributed by atoms with Crippen LogP contribution in [0.15, 0.2) is 30.6 Å². The van der Waals surface area contributed by atoms with Gasteiger partial charge >= 0.3 is 5.97 Å². The van der Waals surface area contributed by atoms with Gasteiger partial charge in [-0.15, -0.1) is 0 Å². The Labute approximate surface area is 149 Å². The van der Waals surface area contributed by atoms with Crippen LogP contribution in [-0.2, 0) is 13.1 Å². The molecule has 25 heavy (non-hydrogen) atoms. The third-order valence-electron chi connectivity index (χ3n) is 3.88. The summed E-state index contributed by atoms with van der Waals surface area (Å²) in [7, 11) is 1.55. The number of pyridine rings is 1. The van der Waals surface area contributed by atoms with Crippen LogP contribution < -0.4 is 10.1 Å². The first-order valence-electron chi connectivity index (χ1n) is 7.69. The van der Waals surface area contributed by atoms with Crippen LogP contribution in [0.2, 0.25) is 5.02 Å². The molecule has 3 aromatic rings. The molecule has 1 aromatic carbocycles. The highest BCUT2D eigenvalue weighted by atomic mass is 35.5. The fraction of sp³-hybridized carbons (Fsp3) is 0.235. The maximum Gasteiger partial charge on any atom is 0.339 e. The Morgan fingerprint density at radius 2 is 2.20 bits per heavy atom. The normalized spacial score (nSPS) is 10.8. The summed E-state index contributed by atoms with van der Waals surface area (Å²) in [5.74, 6) is -0.457. The van der Waals surface area contributed by atoms with E-state index in [9.17, 15) is 9.90 Å². The number of rotatable bonds is 6. The zero-order chi connectivity index (χ0) is 18.0. The Balaban J connectivity index is 1.96. The van der Waals surface area contributed by atoms with Crippen molar-refractivity contribution in [3.8, 4) is 5.75 Å². The zero-order valence-electron chi connectivity index (χ0n) is 13.8. The van der Waals surface area contributed by atoms with Crippen molar-refractivity contribution in [2.75, 3.05) is 12.4 Å². The van der Waals surface area contributed by atoms with Crippen LogP contribution in [0.3, 0.4) is 0 Å². The first-order valence-corrected chi connectivity index (χ1v) is 8.07. The number of fused-ring (bicyclic) bond motifs is 1. The van der Waals surface area contributed by atoms with Gasteiger partial charge in [0.1, 0.15) is 11.3 Å². The Bertz CT molecular complexity index is 939. The van der Waals surface area contributed by atoms with E-state index in [1.54, 1.807) is 30.1 Å². The Kier molecular flexibility index (Phi) is 4.76. The molecular formula is C17H17ClN4O3. The summed E-state index contributed by atoms with van der Waals surface area (Å²) in [6.45, 7) is 3.00. The number of carboxylic acids is 1. The Morgan fingerprint density at radius 3 is 2.84 bits per heavy atom. The number of aryl methyl sites for hydroxylation is 1. The van der Waals surface area contributed by atoms with E-state index in [1.807, 2.05) is 13.0 Å². The van der Waals surface area contributed by atoms with Crippen molar-refractivity contribution in [1.82, 2.24) is 14.8 Å². The van der Waals surface area contributed by atoms with Gasteiger partial charge in [0.15, 0.2) is 5.65 Å². The summed E-state index contributed by atoms with van der Waals surface area (Å²) in [6, 6.07) is 5.42. The standard InChI is InChI=1S/C17H17ClN4O3/c1-3-22-16-11(9-21-22)15(12(8-20-16)17(23)24)19-7-10-4-5-14(25-2)13(18)6-10/h4-6,8-9H,3,7H2,1-2H3,(H,19,20)(H,23,24). The predicted octanol–water partition coefficient (Wildman–Crippen LogP) is 3.42. The number of aromatic nitrogens is 3. The van der Waals surface area contributed by atoms with E-state index in [2.05, 4.69) is 15.4 Å². The van der Waals surface area contributed by atoms with Crippen LogP contribution in [-0.4, -0.2) is 33.0 Å². The molecule has 8 heteroatoms. The largest absolute Gasteiger partial charge is 0.495 e. The van der Waals surface area contributed by atoms with Crippen molar-refractivity contribution in [2.24, 2.45) is 0 Å². The molecule has 0 unspecified atom stereocenters. The average molecular weight is 361 g/mol. The van der Waals surface area contributed by atoms with E-state index in [0.29, 0.717) is 40.6 Å². The van der Waals surface area contributed by atoms with Gasteiger partial charge in [-0.05, 0) is 24.6 Å². The Hall–Kier alpha value is -2.80. The van der Waals surface area contributed by atoms with Crippen LogP contribution >= 0.6 is 11.6 Å². The molecule has 0 aliphatic rings. The minimum atomic E-state index is -1.05. The number of nitrogens with one attached hydrogen (secondary N) is 1. The van der Waals surface area contributed by atoms with Gasteiger partial charge in [-0.25, -0.2) is 14.5 Å². The number of hydrogen-bond donors (Lipinski definition) is 2. The van der Waals surface area contributed by atoms with Crippen LogP contribution in [0.4, 0.5) is 5.69 Å². The van der Waals surface area contributed by atoms with E-state index in [0.717, 1.165) is 5.56 Å². The number of nitrogens with zero attached hydrogens (tertiary/aromatic N) is 3. The van der Waals surface area contributed by atoms with Crippen LogP contribution in [0.1, 0.15) is 22.8 Å². The molecule has 0 atom stereocenters. The monoisotopic (exact) mass is 360 g/mol. The van der Waals surface area contributed by atoms with Crippen molar-refractivity contribution in [2.45, 2.75) is 20.0 Å². The minimum absolute atomic E-state index is 0.0998. The quantitative estimate of drug-likeness (QED) is 0.700. The smallest absolute Gasteiger partial charge is 0.339 e. The highest BCUT2D eigenvalue weighted by Gasteiger charge is 2.17. The number of carboxylic acid groups (broad SMARTS) is 1. The lowest BCUT2D eigenvalue weighted by atomic mass is 10.1. The number of hydrogen-bond acceptors (Lipinski definition) is 5. The Morgan fingerprint density at radius 1 is 1.40 bits per heavy atom. The van der Waals surface area contributed by atoms with Crippen LogP contribution in [0.25, 0.3) is 11.0 Å². The summed E-state index contributed by atoms with van der Waals surface area (Å²) in [6.07, 6.45) is 2.98. The molecule has 2 N–H and O–H groups in total. The van der Waals surface area contributed by atoms with Gasteiger partial charge in [-0.2, -0.15) is 5.10 Å². The molecule has 0 spiro atoms. The lowest BCUT2D eigenvalue weighted by Gasteiger charge is -2.12. The van der Waals surface area contributed by atoms with E-state index >= 15 is 0 Å². The molecule has 2 heterocycles. The summed E-state index contributed by atoms with van der Waals surface area (Å²) >= 11 is 6.14. The number of benzene rings is 1. The highest BCUT2D eigenvalue weighted by molar-refractivity contribution is 6.32.